The molecule has 0 radical (unpaired) electrons. The van der Waals surface area contributed by atoms with Gasteiger partial charge in [0.05, 0.1) is 0 Å². The van der Waals surface area contributed by atoms with E-state index in [9.17, 15) is 4.79 Å². The second kappa shape index (κ2) is 8.74. The van der Waals surface area contributed by atoms with Crippen molar-refractivity contribution in [2.75, 3.05) is 13.8 Å². The van der Waals surface area contributed by atoms with Crippen LogP contribution in [0.5, 0.6) is 11.5 Å². The summed E-state index contributed by atoms with van der Waals surface area (Å²) in [6, 6.07) is 13.0. The van der Waals surface area contributed by atoms with Gasteiger partial charge >= 0.3 is 6.09 Å². The van der Waals surface area contributed by atoms with Gasteiger partial charge in [-0.05, 0) is 54.9 Å². The molecule has 0 atom stereocenters. The summed E-state index contributed by atoms with van der Waals surface area (Å²) in [5, 5.41) is 5.66. The quantitative estimate of drug-likeness (QED) is 0.765. The van der Waals surface area contributed by atoms with Crippen LogP contribution in [-0.2, 0) is 6.54 Å². The van der Waals surface area contributed by atoms with Gasteiger partial charge in [-0.2, -0.15) is 0 Å². The van der Waals surface area contributed by atoms with Gasteiger partial charge in [-0.3, -0.25) is 5.32 Å². The maximum Gasteiger partial charge on any atom is 0.412 e. The Morgan fingerprint density at radius 1 is 1.17 bits per heavy atom. The van der Waals surface area contributed by atoms with Gasteiger partial charge in [-0.15, -0.1) is 0 Å². The van der Waals surface area contributed by atoms with Gasteiger partial charge in [0.25, 0.3) is 0 Å². The third kappa shape index (κ3) is 5.44. The number of hydrogen-bond acceptors (Lipinski definition) is 4. The van der Waals surface area contributed by atoms with Crippen molar-refractivity contribution in [1.82, 2.24) is 10.6 Å². The molecule has 0 aliphatic rings. The van der Waals surface area contributed by atoms with Gasteiger partial charge in [-0.1, -0.05) is 30.9 Å². The number of nitrogens with one attached hydrogen (secondary N) is 2. The lowest BCUT2D eigenvalue weighted by molar-refractivity contribution is 0.200. The smallest absolute Gasteiger partial charge is 0.412 e. The van der Waals surface area contributed by atoms with E-state index in [1.807, 2.05) is 44.3 Å². The lowest BCUT2D eigenvalue weighted by atomic mass is 10.1. The van der Waals surface area contributed by atoms with Crippen LogP contribution in [0.1, 0.15) is 16.7 Å². The Labute approximate surface area is 142 Å². The SMILES string of the molecule is C=Cc1ccc(OC(=O)NCc2cc(C)cc(OCNC)c2)cc1. The van der Waals surface area contributed by atoms with Crippen molar-refractivity contribution in [1.29, 1.82) is 0 Å². The van der Waals surface area contributed by atoms with E-state index in [1.54, 1.807) is 18.2 Å². The number of aryl methyl sites for hydroxylation is 1. The van der Waals surface area contributed by atoms with E-state index in [2.05, 4.69) is 17.2 Å². The maximum absolute atomic E-state index is 11.9. The molecule has 1 amide bonds. The third-order valence-corrected chi connectivity index (χ3v) is 3.26. The van der Waals surface area contributed by atoms with Crippen LogP contribution in [0.4, 0.5) is 4.79 Å². The highest BCUT2D eigenvalue weighted by Gasteiger charge is 2.06. The van der Waals surface area contributed by atoms with E-state index >= 15 is 0 Å². The average Bonchev–Trinajstić information content (AvgIpc) is 2.58. The van der Waals surface area contributed by atoms with Crippen LogP contribution in [0.2, 0.25) is 0 Å². The zero-order valence-corrected chi connectivity index (χ0v) is 14.0. The van der Waals surface area contributed by atoms with Crippen molar-refractivity contribution in [3.63, 3.8) is 0 Å². The third-order valence-electron chi connectivity index (χ3n) is 3.26. The van der Waals surface area contributed by atoms with Crippen molar-refractivity contribution < 1.29 is 14.3 Å². The first kappa shape index (κ1) is 17.6. The Bertz CT molecular complexity index is 696. The van der Waals surface area contributed by atoms with Gasteiger partial charge in [0, 0.05) is 6.54 Å². The Hall–Kier alpha value is -2.79. The van der Waals surface area contributed by atoms with Gasteiger partial charge < -0.3 is 14.8 Å². The average molecular weight is 326 g/mol. The fraction of sp³-hybridized carbons (Fsp3) is 0.211. The van der Waals surface area contributed by atoms with Crippen LogP contribution in [-0.4, -0.2) is 19.9 Å². The molecule has 0 bridgehead atoms. The minimum atomic E-state index is -0.499. The summed E-state index contributed by atoms with van der Waals surface area (Å²) < 4.78 is 10.8. The minimum absolute atomic E-state index is 0.362. The van der Waals surface area contributed by atoms with Crippen molar-refractivity contribution in [2.45, 2.75) is 13.5 Å². The number of amides is 1. The summed E-state index contributed by atoms with van der Waals surface area (Å²) in [5.74, 6) is 1.25. The highest BCUT2D eigenvalue weighted by atomic mass is 16.6. The van der Waals surface area contributed by atoms with E-state index in [4.69, 9.17) is 9.47 Å². The molecule has 0 fully saturated rings. The molecular formula is C19H22N2O3. The van der Waals surface area contributed by atoms with Gasteiger partial charge in [0.1, 0.15) is 18.2 Å². The summed E-state index contributed by atoms with van der Waals surface area (Å²) in [6.45, 7) is 6.46. The predicted molar refractivity (Wildman–Crippen MR) is 95.1 cm³/mol. The van der Waals surface area contributed by atoms with Crippen LogP contribution in [0, 0.1) is 6.92 Å². The van der Waals surface area contributed by atoms with E-state index in [0.29, 0.717) is 19.0 Å². The molecule has 5 nitrogen and oxygen atoms in total. The molecule has 0 heterocycles. The first-order valence-electron chi connectivity index (χ1n) is 7.67. The Kier molecular flexibility index (Phi) is 6.40. The van der Waals surface area contributed by atoms with Crippen LogP contribution in [0.15, 0.2) is 49.0 Å². The molecule has 0 aliphatic heterocycles. The largest absolute Gasteiger partial charge is 0.478 e. The second-order valence-electron chi connectivity index (χ2n) is 5.31. The van der Waals surface area contributed by atoms with E-state index in [0.717, 1.165) is 22.4 Å². The summed E-state index contributed by atoms with van der Waals surface area (Å²) in [4.78, 5) is 11.9. The normalized spacial score (nSPS) is 10.1. The number of rotatable bonds is 7. The molecule has 2 aromatic carbocycles. The second-order valence-corrected chi connectivity index (χ2v) is 5.31. The maximum atomic E-state index is 11.9. The molecule has 24 heavy (non-hydrogen) atoms. The molecule has 126 valence electrons. The zero-order valence-electron chi connectivity index (χ0n) is 14.0. The van der Waals surface area contributed by atoms with Crippen molar-refractivity contribution in [3.05, 3.63) is 65.7 Å². The first-order chi connectivity index (χ1) is 11.6. The van der Waals surface area contributed by atoms with Gasteiger partial charge in [-0.25, -0.2) is 4.79 Å². The van der Waals surface area contributed by atoms with Crippen molar-refractivity contribution in [3.8, 4) is 11.5 Å². The van der Waals surface area contributed by atoms with Gasteiger partial charge in [0.2, 0.25) is 0 Å². The standard InChI is InChI=1S/C19H22N2O3/c1-4-15-5-7-17(8-6-15)24-19(22)21-12-16-9-14(2)10-18(11-16)23-13-20-3/h4-11,20H,1,12-13H2,2-3H3,(H,21,22). The van der Waals surface area contributed by atoms with Crippen molar-refractivity contribution in [2.24, 2.45) is 0 Å². The monoisotopic (exact) mass is 326 g/mol. The Morgan fingerprint density at radius 3 is 2.58 bits per heavy atom. The highest BCUT2D eigenvalue weighted by Crippen LogP contribution is 2.17. The van der Waals surface area contributed by atoms with E-state index in [-0.39, 0.29) is 0 Å². The first-order valence-corrected chi connectivity index (χ1v) is 7.67. The molecule has 0 aliphatic carbocycles. The Morgan fingerprint density at radius 2 is 1.92 bits per heavy atom. The fourth-order valence-electron chi connectivity index (χ4n) is 2.15. The van der Waals surface area contributed by atoms with Gasteiger partial charge in [0.15, 0.2) is 0 Å². The van der Waals surface area contributed by atoms with Crippen LogP contribution >= 0.6 is 0 Å². The lowest BCUT2D eigenvalue weighted by Crippen LogP contribution is -2.26. The topological polar surface area (TPSA) is 59.6 Å². The molecule has 0 saturated heterocycles. The summed E-state index contributed by atoms with van der Waals surface area (Å²) in [7, 11) is 1.82. The highest BCUT2D eigenvalue weighted by molar-refractivity contribution is 5.70. The molecule has 0 spiro atoms. The summed E-state index contributed by atoms with van der Waals surface area (Å²) in [5.41, 5.74) is 2.98. The van der Waals surface area contributed by atoms with Crippen LogP contribution in [0.25, 0.3) is 6.08 Å². The molecular weight excluding hydrogens is 304 g/mol. The van der Waals surface area contributed by atoms with E-state index in [1.165, 1.54) is 0 Å². The molecule has 0 saturated carbocycles. The summed E-state index contributed by atoms with van der Waals surface area (Å²) in [6.07, 6.45) is 1.23. The molecule has 0 aromatic heterocycles. The minimum Gasteiger partial charge on any atom is -0.478 e. The van der Waals surface area contributed by atoms with E-state index < -0.39 is 6.09 Å². The number of hydrogen-bond donors (Lipinski definition) is 2. The molecule has 0 unspecified atom stereocenters. The number of carbonyl (C=O) groups excluding carboxylic acids is 1. The van der Waals surface area contributed by atoms with Crippen LogP contribution < -0.4 is 20.1 Å². The van der Waals surface area contributed by atoms with Crippen LogP contribution in [0.3, 0.4) is 0 Å². The summed E-state index contributed by atoms with van der Waals surface area (Å²) >= 11 is 0. The zero-order chi connectivity index (χ0) is 17.4. The lowest BCUT2D eigenvalue weighted by Gasteiger charge is -2.10. The molecule has 2 N–H and O–H groups in total. The Balaban J connectivity index is 1.90. The predicted octanol–water partition coefficient (Wildman–Crippen LogP) is 3.48. The number of ether oxygens (including phenoxy) is 2. The molecule has 2 aromatic rings. The molecule has 5 heteroatoms. The van der Waals surface area contributed by atoms with Crippen molar-refractivity contribution >= 4 is 12.2 Å². The number of benzene rings is 2. The fourth-order valence-corrected chi connectivity index (χ4v) is 2.15. The molecule has 2 rings (SSSR count). The number of carbonyl (C=O) groups is 1.